The van der Waals surface area contributed by atoms with Gasteiger partial charge in [-0.05, 0) is 101 Å². The number of hydrogen-bond donors (Lipinski definition) is 9. The summed E-state index contributed by atoms with van der Waals surface area (Å²) in [6.45, 7) is 0.774. The molecule has 1 aromatic rings. The van der Waals surface area contributed by atoms with E-state index in [1.807, 2.05) is 0 Å². The molecule has 2 aliphatic rings. The van der Waals surface area contributed by atoms with Crippen LogP contribution in [-0.2, 0) is 35.2 Å². The highest BCUT2D eigenvalue weighted by Crippen LogP contribution is 2.30. The molecule has 1 heterocycles. The molecule has 1 saturated carbocycles. The third-order valence-electron chi connectivity index (χ3n) is 10.5. The predicted octanol–water partition coefficient (Wildman–Crippen LogP) is 1.83. The van der Waals surface area contributed by atoms with E-state index in [0.29, 0.717) is 50.8 Å². The first-order valence-corrected chi connectivity index (χ1v) is 20.0. The Morgan fingerprint density at radius 1 is 0.782 bits per heavy atom. The van der Waals surface area contributed by atoms with Gasteiger partial charge in [0.25, 0.3) is 0 Å². The lowest BCUT2D eigenvalue weighted by atomic mass is 9.85. The van der Waals surface area contributed by atoms with Crippen molar-refractivity contribution in [3.63, 3.8) is 0 Å². The molecule has 15 heteroatoms. The molecule has 1 aliphatic carbocycles. The third kappa shape index (κ3) is 16.1. The van der Waals surface area contributed by atoms with Crippen LogP contribution in [0, 0.1) is 11.8 Å². The third-order valence-corrected chi connectivity index (χ3v) is 10.5. The molecule has 306 valence electrons. The lowest BCUT2D eigenvalue weighted by molar-refractivity contribution is -0.144. The smallest absolute Gasteiger partial charge is 0.306 e. The molecule has 0 aromatic heterocycles. The standard InChI is InChI=1S/C40H63N7O8/c41-21-9-7-15-31-37(51)46-33(16-8-10-22-42)38(52)45-32(14-6-5-13-30(43)36(50)44-31)39(53)47-34(24-27-17-19-29(48)20-18-27)35(49)25-28(40(54)55)23-26-11-3-1-2-4-12-26/h5-6,17-20,26,28,30-34,48H,1-4,7-16,21-25,41-43H2,(H,44,50)(H,45,52)(H,46,51)(H,47,53)(H,54,55)/t28-,30+,31+,32+,33+,34+/m1/s1. The number of nitrogens with two attached hydrogens (primary N) is 3. The molecule has 0 saturated heterocycles. The summed E-state index contributed by atoms with van der Waals surface area (Å²) >= 11 is 0. The number of benzene rings is 1. The van der Waals surface area contributed by atoms with E-state index in [2.05, 4.69) is 21.3 Å². The Morgan fingerprint density at radius 2 is 1.35 bits per heavy atom. The van der Waals surface area contributed by atoms with Crippen LogP contribution < -0.4 is 38.5 Å². The first-order chi connectivity index (χ1) is 26.4. The van der Waals surface area contributed by atoms with Gasteiger partial charge in [0.1, 0.15) is 23.9 Å². The molecule has 0 radical (unpaired) electrons. The number of carboxylic acid groups (broad SMARTS) is 1. The van der Waals surface area contributed by atoms with Gasteiger partial charge in [-0.1, -0.05) is 62.8 Å². The van der Waals surface area contributed by atoms with Gasteiger partial charge in [-0.3, -0.25) is 28.8 Å². The summed E-state index contributed by atoms with van der Waals surface area (Å²) in [5, 5.41) is 31.0. The number of Topliss-reactive ketones (excluding diaryl/α,β-unsaturated/α-hetero) is 1. The van der Waals surface area contributed by atoms with Gasteiger partial charge in [0.2, 0.25) is 23.6 Å². The van der Waals surface area contributed by atoms with E-state index >= 15 is 0 Å². The van der Waals surface area contributed by atoms with Gasteiger partial charge >= 0.3 is 5.97 Å². The number of aromatic hydroxyl groups is 1. The fraction of sp³-hybridized carbons (Fsp3) is 0.650. The molecule has 15 nitrogen and oxygen atoms in total. The van der Waals surface area contributed by atoms with Crippen molar-refractivity contribution in [3.05, 3.63) is 42.0 Å². The maximum absolute atomic E-state index is 14.1. The summed E-state index contributed by atoms with van der Waals surface area (Å²) in [6, 6.07) is 0.773. The number of phenolic OH excluding ortho intramolecular Hbond substituents is 1. The number of amides is 4. The number of nitrogens with one attached hydrogen (secondary N) is 4. The molecule has 0 unspecified atom stereocenters. The Hall–Kier alpha value is -4.34. The molecular formula is C40H63N7O8. The monoisotopic (exact) mass is 769 g/mol. The number of carbonyl (C=O) groups excluding carboxylic acids is 5. The minimum Gasteiger partial charge on any atom is -0.508 e. The molecular weight excluding hydrogens is 706 g/mol. The van der Waals surface area contributed by atoms with Crippen molar-refractivity contribution in [3.8, 4) is 5.75 Å². The van der Waals surface area contributed by atoms with Crippen LogP contribution in [0.4, 0.5) is 0 Å². The fourth-order valence-corrected chi connectivity index (χ4v) is 7.20. The molecule has 12 N–H and O–H groups in total. The van der Waals surface area contributed by atoms with Gasteiger partial charge in [0.15, 0.2) is 5.78 Å². The summed E-state index contributed by atoms with van der Waals surface area (Å²) in [6.07, 6.45) is 12.2. The zero-order chi connectivity index (χ0) is 40.2. The van der Waals surface area contributed by atoms with Crippen molar-refractivity contribution in [1.82, 2.24) is 21.3 Å². The van der Waals surface area contributed by atoms with Crippen molar-refractivity contribution in [2.45, 2.75) is 139 Å². The van der Waals surface area contributed by atoms with Crippen molar-refractivity contribution in [2.24, 2.45) is 29.0 Å². The van der Waals surface area contributed by atoms with E-state index in [1.54, 1.807) is 24.3 Å². The number of ketones is 1. The second-order valence-corrected chi connectivity index (χ2v) is 15.0. The SMILES string of the molecule is NCCCC[C@@H]1NC(=O)[C@H](CCCCN)NC(=O)[C@@H](N)CC=CC[C@@H](C(=O)N[C@@H](Cc2ccc(O)cc2)C(=O)C[C@@H](CC2CCCCCC2)C(=O)O)NC1=O. The van der Waals surface area contributed by atoms with Crippen LogP contribution >= 0.6 is 0 Å². The topological polar surface area (TPSA) is 269 Å². The van der Waals surface area contributed by atoms with E-state index < -0.39 is 71.5 Å². The van der Waals surface area contributed by atoms with Crippen molar-refractivity contribution >= 4 is 35.4 Å². The van der Waals surface area contributed by atoms with Gasteiger partial charge in [0, 0.05) is 6.42 Å². The summed E-state index contributed by atoms with van der Waals surface area (Å²) in [4.78, 5) is 80.9. The average Bonchev–Trinajstić information content (AvgIpc) is 3.43. The van der Waals surface area contributed by atoms with Gasteiger partial charge in [-0.15, -0.1) is 0 Å². The van der Waals surface area contributed by atoms with Crippen LogP contribution in [0.3, 0.4) is 0 Å². The summed E-state index contributed by atoms with van der Waals surface area (Å²) < 4.78 is 0. The Kier molecular flexibility index (Phi) is 19.8. The van der Waals surface area contributed by atoms with Crippen LogP contribution in [0.2, 0.25) is 0 Å². The van der Waals surface area contributed by atoms with E-state index in [-0.39, 0.29) is 50.2 Å². The number of carbonyl (C=O) groups is 6. The van der Waals surface area contributed by atoms with E-state index in [1.165, 1.54) is 12.1 Å². The van der Waals surface area contributed by atoms with Gasteiger partial charge in [-0.25, -0.2) is 0 Å². The van der Waals surface area contributed by atoms with Crippen LogP contribution in [-0.4, -0.2) is 88.9 Å². The number of rotatable bonds is 18. The minimum absolute atomic E-state index is 0.0183. The molecule has 55 heavy (non-hydrogen) atoms. The van der Waals surface area contributed by atoms with E-state index in [9.17, 15) is 39.0 Å². The first kappa shape index (κ1) is 45.1. The van der Waals surface area contributed by atoms with Gasteiger partial charge < -0.3 is 48.7 Å². The Morgan fingerprint density at radius 3 is 1.93 bits per heavy atom. The molecule has 1 fully saturated rings. The summed E-state index contributed by atoms with van der Waals surface area (Å²) in [5.41, 5.74) is 18.1. The second-order valence-electron chi connectivity index (χ2n) is 15.0. The van der Waals surface area contributed by atoms with Crippen molar-refractivity contribution in [1.29, 1.82) is 0 Å². The van der Waals surface area contributed by atoms with Gasteiger partial charge in [-0.2, -0.15) is 0 Å². The predicted molar refractivity (Wildman–Crippen MR) is 208 cm³/mol. The maximum atomic E-state index is 14.1. The molecule has 4 amide bonds. The number of hydrogen-bond acceptors (Lipinski definition) is 10. The highest BCUT2D eigenvalue weighted by atomic mass is 16.4. The highest BCUT2D eigenvalue weighted by Gasteiger charge is 2.34. The zero-order valence-corrected chi connectivity index (χ0v) is 32.0. The van der Waals surface area contributed by atoms with E-state index in [4.69, 9.17) is 17.2 Å². The van der Waals surface area contributed by atoms with Crippen molar-refractivity contribution in [2.75, 3.05) is 13.1 Å². The molecule has 1 aliphatic heterocycles. The molecule has 6 atom stereocenters. The highest BCUT2D eigenvalue weighted by molar-refractivity contribution is 5.96. The fourth-order valence-electron chi connectivity index (χ4n) is 7.20. The number of unbranched alkanes of at least 4 members (excludes halogenated alkanes) is 2. The number of aliphatic carboxylic acids is 1. The van der Waals surface area contributed by atoms with Crippen LogP contribution in [0.5, 0.6) is 5.75 Å². The second kappa shape index (κ2) is 24.2. The lowest BCUT2D eigenvalue weighted by Gasteiger charge is -2.27. The quantitative estimate of drug-likeness (QED) is 0.0591. The van der Waals surface area contributed by atoms with E-state index in [0.717, 1.165) is 38.5 Å². The summed E-state index contributed by atoms with van der Waals surface area (Å²) in [5.74, 6) is -4.66. The summed E-state index contributed by atoms with van der Waals surface area (Å²) in [7, 11) is 0. The maximum Gasteiger partial charge on any atom is 0.306 e. The minimum atomic E-state index is -1.21. The molecule has 1 aromatic carbocycles. The Balaban J connectivity index is 1.89. The number of phenols is 1. The molecule has 3 rings (SSSR count). The zero-order valence-electron chi connectivity index (χ0n) is 32.0. The van der Waals surface area contributed by atoms with Crippen LogP contribution in [0.15, 0.2) is 36.4 Å². The largest absolute Gasteiger partial charge is 0.508 e. The first-order valence-electron chi connectivity index (χ1n) is 20.0. The molecule has 0 bridgehead atoms. The average molecular weight is 770 g/mol. The van der Waals surface area contributed by atoms with Crippen molar-refractivity contribution < 1.29 is 39.0 Å². The van der Waals surface area contributed by atoms with Crippen LogP contribution in [0.1, 0.15) is 108 Å². The number of carboxylic acids is 1. The lowest BCUT2D eigenvalue weighted by Crippen LogP contribution is -2.58. The van der Waals surface area contributed by atoms with Crippen LogP contribution in [0.25, 0.3) is 0 Å². The van der Waals surface area contributed by atoms with Gasteiger partial charge in [0.05, 0.1) is 18.0 Å². The normalized spacial score (nSPS) is 22.9. The Labute approximate surface area is 324 Å². The molecule has 0 spiro atoms. The Bertz CT molecular complexity index is 1430.